The molecule has 0 aliphatic carbocycles. The van der Waals surface area contributed by atoms with Crippen LogP contribution in [0, 0.1) is 5.82 Å². The fraction of sp³-hybridized carbons (Fsp3) is 0.412. The Balaban J connectivity index is 1.61. The normalized spacial score (nSPS) is 11.5. The molecular formula is C17H23FN4S2. The largest absolute Gasteiger partial charge is 0.356 e. The van der Waals surface area contributed by atoms with Crippen LogP contribution < -0.4 is 10.6 Å². The zero-order valence-electron chi connectivity index (χ0n) is 14.0. The lowest BCUT2D eigenvalue weighted by Gasteiger charge is -2.10. The van der Waals surface area contributed by atoms with Gasteiger partial charge in [-0.2, -0.15) is 0 Å². The SMILES string of the molecule is CCc1cnc(CNC(=NC)NCCCSc2ccc(F)cc2)s1. The molecule has 0 saturated carbocycles. The molecule has 0 aliphatic heterocycles. The Morgan fingerprint density at radius 1 is 1.29 bits per heavy atom. The van der Waals surface area contributed by atoms with Crippen LogP contribution in [0.25, 0.3) is 0 Å². The molecule has 24 heavy (non-hydrogen) atoms. The number of hydrogen-bond acceptors (Lipinski definition) is 4. The molecule has 2 N–H and O–H groups in total. The Morgan fingerprint density at radius 2 is 2.08 bits per heavy atom. The summed E-state index contributed by atoms with van der Waals surface area (Å²) in [5.74, 6) is 1.57. The van der Waals surface area contributed by atoms with E-state index in [1.807, 2.05) is 18.3 Å². The lowest BCUT2D eigenvalue weighted by molar-refractivity contribution is 0.626. The Hall–Kier alpha value is -1.60. The van der Waals surface area contributed by atoms with Crippen molar-refractivity contribution in [2.75, 3.05) is 19.3 Å². The molecule has 0 bridgehead atoms. The van der Waals surface area contributed by atoms with E-state index >= 15 is 0 Å². The Kier molecular flexibility index (Phi) is 8.04. The standard InChI is InChI=1S/C17H23FN4S2/c1-3-14-11-21-16(24-14)12-22-17(19-2)20-9-4-10-23-15-7-5-13(18)6-8-15/h5-8,11H,3-4,9-10,12H2,1-2H3,(H2,19,20,22). The van der Waals surface area contributed by atoms with E-state index in [4.69, 9.17) is 0 Å². The molecule has 1 heterocycles. The maximum atomic E-state index is 12.8. The summed E-state index contributed by atoms with van der Waals surface area (Å²) in [6.45, 7) is 3.66. The molecule has 0 unspecified atom stereocenters. The molecule has 0 saturated heterocycles. The number of guanidine groups is 1. The number of hydrogen-bond donors (Lipinski definition) is 2. The highest BCUT2D eigenvalue weighted by Gasteiger charge is 2.02. The molecule has 2 rings (SSSR count). The van der Waals surface area contributed by atoms with E-state index in [2.05, 4.69) is 27.5 Å². The van der Waals surface area contributed by atoms with Gasteiger partial charge in [0.25, 0.3) is 0 Å². The fourth-order valence-electron chi connectivity index (χ4n) is 1.97. The molecule has 0 spiro atoms. The topological polar surface area (TPSA) is 49.3 Å². The summed E-state index contributed by atoms with van der Waals surface area (Å²) in [7, 11) is 1.77. The van der Waals surface area contributed by atoms with Crippen molar-refractivity contribution in [1.82, 2.24) is 15.6 Å². The summed E-state index contributed by atoms with van der Waals surface area (Å²) in [5.41, 5.74) is 0. The summed E-state index contributed by atoms with van der Waals surface area (Å²) < 4.78 is 12.8. The first kappa shape index (κ1) is 18.7. The summed E-state index contributed by atoms with van der Waals surface area (Å²) >= 11 is 3.46. The molecule has 0 atom stereocenters. The average molecular weight is 367 g/mol. The van der Waals surface area contributed by atoms with E-state index in [1.54, 1.807) is 30.1 Å². The van der Waals surface area contributed by atoms with E-state index in [-0.39, 0.29) is 5.82 Å². The second-order valence-corrected chi connectivity index (χ2v) is 7.45. The zero-order valence-corrected chi connectivity index (χ0v) is 15.6. The second kappa shape index (κ2) is 10.3. The minimum atomic E-state index is -0.192. The van der Waals surface area contributed by atoms with Gasteiger partial charge in [0.05, 0.1) is 6.54 Å². The van der Waals surface area contributed by atoms with Crippen molar-refractivity contribution in [1.29, 1.82) is 0 Å². The number of thioether (sulfide) groups is 1. The van der Waals surface area contributed by atoms with Gasteiger partial charge in [0.15, 0.2) is 5.96 Å². The van der Waals surface area contributed by atoms with E-state index < -0.39 is 0 Å². The summed E-state index contributed by atoms with van der Waals surface area (Å²) in [5, 5.41) is 7.65. The van der Waals surface area contributed by atoms with E-state index in [0.717, 1.165) is 41.0 Å². The third-order valence-corrected chi connectivity index (χ3v) is 5.52. The molecule has 130 valence electrons. The summed E-state index contributed by atoms with van der Waals surface area (Å²) in [6.07, 6.45) is 3.96. The van der Waals surface area contributed by atoms with Crippen LogP contribution >= 0.6 is 23.1 Å². The molecular weight excluding hydrogens is 343 g/mol. The van der Waals surface area contributed by atoms with Gasteiger partial charge in [0.1, 0.15) is 10.8 Å². The van der Waals surface area contributed by atoms with Crippen LogP contribution in [0.5, 0.6) is 0 Å². The summed E-state index contributed by atoms with van der Waals surface area (Å²) in [4.78, 5) is 11.0. The number of aryl methyl sites for hydroxylation is 1. The van der Waals surface area contributed by atoms with E-state index in [1.165, 1.54) is 17.0 Å². The minimum Gasteiger partial charge on any atom is -0.356 e. The number of aromatic nitrogens is 1. The zero-order chi connectivity index (χ0) is 17.2. The van der Waals surface area contributed by atoms with Crippen molar-refractivity contribution < 1.29 is 4.39 Å². The van der Waals surface area contributed by atoms with Crippen molar-refractivity contribution in [3.8, 4) is 0 Å². The van der Waals surface area contributed by atoms with Gasteiger partial charge in [-0.25, -0.2) is 9.37 Å². The lowest BCUT2D eigenvalue weighted by atomic mass is 10.4. The number of benzene rings is 1. The van der Waals surface area contributed by atoms with Crippen molar-refractivity contribution in [2.45, 2.75) is 31.2 Å². The number of aliphatic imine (C=N–C) groups is 1. The molecule has 7 heteroatoms. The second-order valence-electron chi connectivity index (χ2n) is 5.08. The predicted octanol–water partition coefficient (Wildman–Crippen LogP) is 3.69. The third kappa shape index (κ3) is 6.49. The Labute approximate surface area is 151 Å². The molecule has 0 radical (unpaired) electrons. The number of thiazole rings is 1. The highest BCUT2D eigenvalue weighted by Crippen LogP contribution is 2.18. The van der Waals surface area contributed by atoms with Crippen LogP contribution in [0.3, 0.4) is 0 Å². The van der Waals surface area contributed by atoms with Crippen molar-refractivity contribution in [2.24, 2.45) is 4.99 Å². The smallest absolute Gasteiger partial charge is 0.191 e. The fourth-order valence-corrected chi connectivity index (χ4v) is 3.63. The number of rotatable bonds is 8. The van der Waals surface area contributed by atoms with Crippen molar-refractivity contribution in [3.63, 3.8) is 0 Å². The lowest BCUT2D eigenvalue weighted by Crippen LogP contribution is -2.37. The third-order valence-electron chi connectivity index (χ3n) is 3.28. The molecule has 0 aliphatic rings. The Morgan fingerprint density at radius 3 is 2.75 bits per heavy atom. The van der Waals surface area contributed by atoms with Crippen LogP contribution in [0.4, 0.5) is 4.39 Å². The first-order chi connectivity index (χ1) is 11.7. The number of nitrogens with one attached hydrogen (secondary N) is 2. The van der Waals surface area contributed by atoms with Crippen LogP contribution in [0.15, 0.2) is 40.4 Å². The van der Waals surface area contributed by atoms with Gasteiger partial charge >= 0.3 is 0 Å². The monoisotopic (exact) mass is 366 g/mol. The highest BCUT2D eigenvalue weighted by atomic mass is 32.2. The van der Waals surface area contributed by atoms with Crippen molar-refractivity contribution in [3.05, 3.63) is 46.2 Å². The van der Waals surface area contributed by atoms with E-state index in [9.17, 15) is 4.39 Å². The van der Waals surface area contributed by atoms with Gasteiger partial charge in [0.2, 0.25) is 0 Å². The van der Waals surface area contributed by atoms with Crippen LogP contribution in [0.2, 0.25) is 0 Å². The predicted molar refractivity (Wildman–Crippen MR) is 101 cm³/mol. The number of halogens is 1. The van der Waals surface area contributed by atoms with Gasteiger partial charge in [-0.1, -0.05) is 6.92 Å². The first-order valence-electron chi connectivity index (χ1n) is 7.97. The molecule has 1 aromatic heterocycles. The molecule has 1 aromatic carbocycles. The molecule has 4 nitrogen and oxygen atoms in total. The minimum absolute atomic E-state index is 0.192. The van der Waals surface area contributed by atoms with Crippen molar-refractivity contribution >= 4 is 29.1 Å². The molecule has 0 fully saturated rings. The highest BCUT2D eigenvalue weighted by molar-refractivity contribution is 7.99. The first-order valence-corrected chi connectivity index (χ1v) is 9.78. The number of nitrogens with zero attached hydrogens (tertiary/aromatic N) is 2. The Bertz CT molecular complexity index is 640. The van der Waals surface area contributed by atoms with Gasteiger partial charge in [0, 0.05) is 29.6 Å². The molecule has 2 aromatic rings. The van der Waals surface area contributed by atoms with E-state index in [0.29, 0.717) is 6.54 Å². The maximum Gasteiger partial charge on any atom is 0.191 e. The van der Waals surface area contributed by atoms with Gasteiger partial charge in [-0.15, -0.1) is 23.1 Å². The molecule has 0 amide bonds. The van der Waals surface area contributed by atoms with Gasteiger partial charge in [-0.3, -0.25) is 4.99 Å². The average Bonchev–Trinajstić information content (AvgIpc) is 3.07. The van der Waals surface area contributed by atoms with Crippen LogP contribution in [-0.2, 0) is 13.0 Å². The quantitative estimate of drug-likeness (QED) is 0.324. The maximum absolute atomic E-state index is 12.8. The summed E-state index contributed by atoms with van der Waals surface area (Å²) in [6, 6.07) is 6.61. The van der Waals surface area contributed by atoms with Gasteiger partial charge < -0.3 is 10.6 Å². The van der Waals surface area contributed by atoms with Crippen LogP contribution in [-0.4, -0.2) is 30.3 Å². The van der Waals surface area contributed by atoms with Gasteiger partial charge in [-0.05, 0) is 42.9 Å². The van der Waals surface area contributed by atoms with Crippen LogP contribution in [0.1, 0.15) is 23.2 Å².